The lowest BCUT2D eigenvalue weighted by atomic mass is 10.1. The minimum atomic E-state index is -1.82. The maximum Gasteiger partial charge on any atom is 0.414 e. The number of carboxylic acid groups (broad SMARTS) is 4. The second kappa shape index (κ2) is 15.7. The summed E-state index contributed by atoms with van der Waals surface area (Å²) in [5, 5.41) is 33.0. The molecule has 2 aromatic rings. The van der Waals surface area contributed by atoms with Gasteiger partial charge in [-0.2, -0.15) is 0 Å². The third-order valence-corrected chi connectivity index (χ3v) is 5.08. The van der Waals surface area contributed by atoms with Gasteiger partial charge in [-0.1, -0.05) is 6.42 Å². The average molecular weight is 526 g/mol. The molecular formula is C23H30N2O12. The Balaban J connectivity index is 0.000000476. The molecule has 5 N–H and O–H groups in total. The van der Waals surface area contributed by atoms with Gasteiger partial charge in [0.2, 0.25) is 0 Å². The predicted octanol–water partition coefficient (Wildman–Crippen LogP) is 1.60. The summed E-state index contributed by atoms with van der Waals surface area (Å²) in [6.45, 7) is 5.29. The number of rotatable bonds is 7. The molecule has 1 fully saturated rings. The number of carbonyl (C=O) groups is 5. The molecule has 1 unspecified atom stereocenters. The van der Waals surface area contributed by atoms with Crippen molar-refractivity contribution >= 4 is 29.8 Å². The van der Waals surface area contributed by atoms with Gasteiger partial charge in [-0.3, -0.25) is 4.90 Å². The van der Waals surface area contributed by atoms with E-state index in [-0.39, 0.29) is 12.0 Å². The van der Waals surface area contributed by atoms with Crippen molar-refractivity contribution in [3.63, 3.8) is 0 Å². The number of carbonyl (C=O) groups excluding carboxylic acids is 1. The number of carboxylic acids is 4. The number of nitrogens with one attached hydrogen (secondary N) is 1. The van der Waals surface area contributed by atoms with Gasteiger partial charge >= 0.3 is 29.8 Å². The van der Waals surface area contributed by atoms with Crippen LogP contribution in [0.5, 0.6) is 0 Å². The van der Waals surface area contributed by atoms with Crippen LogP contribution in [0.2, 0.25) is 0 Å². The summed E-state index contributed by atoms with van der Waals surface area (Å²) in [6.07, 6.45) is 5.50. The number of hydrogen-bond acceptors (Lipinski definition) is 10. The van der Waals surface area contributed by atoms with Crippen LogP contribution in [-0.4, -0.2) is 81.9 Å². The number of ether oxygens (including phenoxy) is 1. The molecule has 1 atom stereocenters. The molecule has 0 aliphatic carbocycles. The first-order valence-corrected chi connectivity index (χ1v) is 11.1. The van der Waals surface area contributed by atoms with Crippen LogP contribution < -0.4 is 5.32 Å². The van der Waals surface area contributed by atoms with E-state index in [0.717, 1.165) is 31.2 Å². The molecule has 3 heterocycles. The zero-order valence-corrected chi connectivity index (χ0v) is 20.3. The van der Waals surface area contributed by atoms with E-state index in [1.807, 2.05) is 12.1 Å². The Bertz CT molecular complexity index is 990. The quantitative estimate of drug-likeness (QED) is 0.256. The summed E-state index contributed by atoms with van der Waals surface area (Å²) in [4.78, 5) is 50.5. The molecule has 14 heteroatoms. The molecule has 0 spiro atoms. The summed E-state index contributed by atoms with van der Waals surface area (Å²) in [7, 11) is 1.37. The molecule has 2 aromatic heterocycles. The Morgan fingerprint density at radius 3 is 2.03 bits per heavy atom. The van der Waals surface area contributed by atoms with E-state index in [2.05, 4.69) is 10.2 Å². The minimum Gasteiger partial charge on any atom is -0.473 e. The summed E-state index contributed by atoms with van der Waals surface area (Å²) in [5.41, 5.74) is 0.484. The number of esters is 1. The molecule has 1 saturated heterocycles. The SMILES string of the molecule is COC(=O)c1cc(CNCC(c2ccco2)N2CCCCC2)oc1C.O=C(O)C(=O)O.O=C(O)C(=O)O. The van der Waals surface area contributed by atoms with Gasteiger partial charge in [0.1, 0.15) is 22.8 Å². The fraction of sp³-hybridized carbons (Fsp3) is 0.435. The first-order chi connectivity index (χ1) is 17.5. The highest BCUT2D eigenvalue weighted by molar-refractivity contribution is 6.27. The van der Waals surface area contributed by atoms with Gasteiger partial charge in [0.15, 0.2) is 0 Å². The number of likely N-dealkylation sites (tertiary alicyclic amines) is 1. The van der Waals surface area contributed by atoms with Gasteiger partial charge in [0.05, 0.1) is 26.0 Å². The molecule has 37 heavy (non-hydrogen) atoms. The molecular weight excluding hydrogens is 496 g/mol. The normalized spacial score (nSPS) is 13.7. The summed E-state index contributed by atoms with van der Waals surface area (Å²) >= 11 is 0. The van der Waals surface area contributed by atoms with Crippen molar-refractivity contribution in [2.45, 2.75) is 38.8 Å². The summed E-state index contributed by atoms with van der Waals surface area (Å²) in [6, 6.07) is 5.93. The molecule has 14 nitrogen and oxygen atoms in total. The fourth-order valence-electron chi connectivity index (χ4n) is 3.40. The van der Waals surface area contributed by atoms with Gasteiger partial charge in [-0.25, -0.2) is 24.0 Å². The van der Waals surface area contributed by atoms with Gasteiger partial charge < -0.3 is 39.3 Å². The first-order valence-electron chi connectivity index (χ1n) is 11.1. The van der Waals surface area contributed by atoms with Crippen LogP contribution in [0.25, 0.3) is 0 Å². The van der Waals surface area contributed by atoms with Crippen LogP contribution in [-0.2, 0) is 30.5 Å². The summed E-state index contributed by atoms with van der Waals surface area (Å²) < 4.78 is 16.1. The molecule has 3 rings (SSSR count). The van der Waals surface area contributed by atoms with Gasteiger partial charge in [0, 0.05) is 6.54 Å². The average Bonchev–Trinajstić information content (AvgIpc) is 3.52. The smallest absolute Gasteiger partial charge is 0.414 e. The van der Waals surface area contributed by atoms with Crippen LogP contribution >= 0.6 is 0 Å². The van der Waals surface area contributed by atoms with E-state index in [1.54, 1.807) is 19.3 Å². The highest BCUT2D eigenvalue weighted by Gasteiger charge is 2.24. The number of piperidine rings is 1. The van der Waals surface area contributed by atoms with Crippen molar-refractivity contribution in [3.8, 4) is 0 Å². The molecule has 0 aromatic carbocycles. The van der Waals surface area contributed by atoms with Crippen molar-refractivity contribution in [2.24, 2.45) is 0 Å². The molecule has 1 aliphatic rings. The molecule has 0 bridgehead atoms. The lowest BCUT2D eigenvalue weighted by Crippen LogP contribution is -2.38. The lowest BCUT2D eigenvalue weighted by molar-refractivity contribution is -0.159. The van der Waals surface area contributed by atoms with E-state index < -0.39 is 23.9 Å². The number of nitrogens with zero attached hydrogens (tertiary/aromatic N) is 1. The zero-order chi connectivity index (χ0) is 28.0. The van der Waals surface area contributed by atoms with Crippen molar-refractivity contribution in [2.75, 3.05) is 26.7 Å². The van der Waals surface area contributed by atoms with Gasteiger partial charge in [-0.05, 0) is 51.1 Å². The van der Waals surface area contributed by atoms with Crippen LogP contribution in [0.15, 0.2) is 33.3 Å². The summed E-state index contributed by atoms with van der Waals surface area (Å²) in [5.74, 6) is -5.36. The van der Waals surface area contributed by atoms with Crippen LogP contribution in [0, 0.1) is 6.92 Å². The van der Waals surface area contributed by atoms with Crippen LogP contribution in [0.1, 0.15) is 52.9 Å². The minimum absolute atomic E-state index is 0.214. The number of aliphatic carboxylic acids is 4. The number of hydrogen-bond donors (Lipinski definition) is 5. The Hall–Kier alpha value is -4.17. The number of methoxy groups -OCH3 is 1. The van der Waals surface area contributed by atoms with Gasteiger partial charge in [-0.15, -0.1) is 0 Å². The van der Waals surface area contributed by atoms with Gasteiger partial charge in [0.25, 0.3) is 0 Å². The Kier molecular flexibility index (Phi) is 13.1. The molecule has 1 aliphatic heterocycles. The third-order valence-electron chi connectivity index (χ3n) is 5.08. The van der Waals surface area contributed by atoms with Crippen LogP contribution in [0.4, 0.5) is 0 Å². The Morgan fingerprint density at radius 2 is 1.57 bits per heavy atom. The number of aryl methyl sites for hydroxylation is 1. The largest absolute Gasteiger partial charge is 0.473 e. The molecule has 0 amide bonds. The monoisotopic (exact) mass is 526 g/mol. The van der Waals surface area contributed by atoms with Crippen molar-refractivity contribution in [1.82, 2.24) is 10.2 Å². The topological polar surface area (TPSA) is 217 Å². The maximum absolute atomic E-state index is 11.7. The van der Waals surface area contributed by atoms with Crippen LogP contribution in [0.3, 0.4) is 0 Å². The Labute approximate surface area is 211 Å². The molecule has 0 radical (unpaired) electrons. The van der Waals surface area contributed by atoms with Crippen molar-refractivity contribution in [3.05, 3.63) is 47.3 Å². The van der Waals surface area contributed by atoms with Crippen molar-refractivity contribution in [1.29, 1.82) is 0 Å². The van der Waals surface area contributed by atoms with E-state index >= 15 is 0 Å². The van der Waals surface area contributed by atoms with E-state index in [4.69, 9.17) is 53.2 Å². The molecule has 204 valence electrons. The standard InChI is InChI=1S/C19H26N2O4.2C2H2O4/c1-14-16(19(22)23-2)11-15(25-14)12-20-13-17(18-7-6-10-24-18)21-8-4-3-5-9-21;2*3-1(4)2(5)6/h6-7,10-11,17,20H,3-5,8-9,12-13H2,1-2H3;2*(H,3,4)(H,5,6). The predicted molar refractivity (Wildman–Crippen MR) is 124 cm³/mol. The fourth-order valence-corrected chi connectivity index (χ4v) is 3.40. The lowest BCUT2D eigenvalue weighted by Gasteiger charge is -2.33. The third kappa shape index (κ3) is 11.0. The second-order valence-corrected chi connectivity index (χ2v) is 7.65. The first kappa shape index (κ1) is 30.9. The Morgan fingerprint density at radius 1 is 1.00 bits per heavy atom. The maximum atomic E-state index is 11.7. The highest BCUT2D eigenvalue weighted by Crippen LogP contribution is 2.25. The van der Waals surface area contributed by atoms with Crippen molar-refractivity contribution < 1.29 is 58.0 Å². The van der Waals surface area contributed by atoms with E-state index in [9.17, 15) is 4.79 Å². The second-order valence-electron chi connectivity index (χ2n) is 7.65. The molecule has 0 saturated carbocycles. The highest BCUT2D eigenvalue weighted by atomic mass is 16.5. The zero-order valence-electron chi connectivity index (χ0n) is 20.3. The van der Waals surface area contributed by atoms with E-state index in [1.165, 1.54) is 26.4 Å². The number of furan rings is 2. The van der Waals surface area contributed by atoms with E-state index in [0.29, 0.717) is 17.9 Å².